The van der Waals surface area contributed by atoms with E-state index in [1.54, 1.807) is 28.6 Å². The lowest BCUT2D eigenvalue weighted by Crippen LogP contribution is -2.30. The van der Waals surface area contributed by atoms with Crippen LogP contribution in [0, 0.1) is 0 Å². The number of nitrogens with zero attached hydrogens (tertiary/aromatic N) is 2. The van der Waals surface area contributed by atoms with Crippen LogP contribution in [0.15, 0.2) is 9.85 Å². The number of nitrogens with one attached hydrogen (secondary N) is 1. The second-order valence-corrected chi connectivity index (χ2v) is 6.45. The van der Waals surface area contributed by atoms with Crippen LogP contribution in [0.4, 0.5) is 0 Å². The van der Waals surface area contributed by atoms with Gasteiger partial charge in [0.05, 0.1) is 6.10 Å². The van der Waals surface area contributed by atoms with Gasteiger partial charge in [0.25, 0.3) is 0 Å². The topological polar surface area (TPSA) is 47.0 Å². The van der Waals surface area contributed by atoms with Crippen molar-refractivity contribution in [1.82, 2.24) is 15.5 Å². The second-order valence-electron chi connectivity index (χ2n) is 3.93. The number of hydrogen-bond donors (Lipinski definition) is 1. The van der Waals surface area contributed by atoms with Crippen LogP contribution in [-0.4, -0.2) is 41.2 Å². The molecule has 0 amide bonds. The van der Waals surface area contributed by atoms with E-state index in [1.165, 1.54) is 12.8 Å². The van der Waals surface area contributed by atoms with E-state index >= 15 is 0 Å². The summed E-state index contributed by atoms with van der Waals surface area (Å²) in [5.74, 6) is 0. The fourth-order valence-electron chi connectivity index (χ4n) is 1.68. The van der Waals surface area contributed by atoms with Crippen molar-refractivity contribution in [3.8, 4) is 0 Å². The molecule has 1 saturated heterocycles. The fraction of sp³-hybridized carbons (Fsp3) is 0.800. The second kappa shape index (κ2) is 6.54. The van der Waals surface area contributed by atoms with Crippen LogP contribution in [0.25, 0.3) is 0 Å². The molecule has 0 saturated carbocycles. The monoisotopic (exact) mass is 259 g/mol. The Bertz CT molecular complexity index is 288. The fourth-order valence-corrected chi connectivity index (χ4v) is 3.44. The maximum Gasteiger partial charge on any atom is 0.174 e. The molecule has 1 aromatic heterocycles. The quantitative estimate of drug-likeness (QED) is 0.789. The summed E-state index contributed by atoms with van der Waals surface area (Å²) in [4.78, 5) is 0. The van der Waals surface area contributed by atoms with Crippen molar-refractivity contribution in [2.75, 3.05) is 19.7 Å². The molecule has 1 aromatic rings. The van der Waals surface area contributed by atoms with Gasteiger partial charge in [-0.25, -0.2) is 0 Å². The summed E-state index contributed by atoms with van der Waals surface area (Å²) in [7, 11) is 0. The number of ether oxygens (including phenoxy) is 1. The van der Waals surface area contributed by atoms with Gasteiger partial charge < -0.3 is 10.1 Å². The predicted molar refractivity (Wildman–Crippen MR) is 67.1 cm³/mol. The molecule has 2 heterocycles. The molecular weight excluding hydrogens is 242 g/mol. The first-order chi connectivity index (χ1) is 7.84. The Hall–Kier alpha value is -0.170. The van der Waals surface area contributed by atoms with Crippen LogP contribution in [0.2, 0.25) is 0 Å². The number of thioether (sulfide) groups is 1. The van der Waals surface area contributed by atoms with Crippen molar-refractivity contribution >= 4 is 23.1 Å². The van der Waals surface area contributed by atoms with Gasteiger partial charge in [0.15, 0.2) is 4.34 Å². The van der Waals surface area contributed by atoms with E-state index in [4.69, 9.17) is 4.74 Å². The largest absolute Gasteiger partial charge is 0.377 e. The molecule has 0 aromatic carbocycles. The Labute approximate surface area is 104 Å². The van der Waals surface area contributed by atoms with Gasteiger partial charge in [-0.1, -0.05) is 30.0 Å². The zero-order chi connectivity index (χ0) is 11.2. The van der Waals surface area contributed by atoms with Crippen LogP contribution in [0.1, 0.15) is 19.8 Å². The van der Waals surface area contributed by atoms with Crippen LogP contribution >= 0.6 is 23.1 Å². The van der Waals surface area contributed by atoms with Crippen molar-refractivity contribution in [1.29, 1.82) is 0 Å². The number of rotatable bonds is 6. The molecule has 6 heteroatoms. The van der Waals surface area contributed by atoms with Crippen molar-refractivity contribution in [3.63, 3.8) is 0 Å². The molecular formula is C10H17N3OS2. The lowest BCUT2D eigenvalue weighted by Gasteiger charge is -2.13. The molecule has 1 aliphatic rings. The summed E-state index contributed by atoms with van der Waals surface area (Å²) < 4.78 is 6.60. The van der Waals surface area contributed by atoms with Crippen LogP contribution in [-0.2, 0) is 4.74 Å². The third-order valence-electron chi connectivity index (χ3n) is 2.47. The summed E-state index contributed by atoms with van der Waals surface area (Å²) in [6.45, 7) is 5.10. The molecule has 4 nitrogen and oxygen atoms in total. The standard InChI is InChI=1S/C10H17N3OS2/c1-8(16-10-13-12-7-15-10)5-11-6-9-3-2-4-14-9/h7-9,11H,2-6H2,1H3. The smallest absolute Gasteiger partial charge is 0.174 e. The molecule has 0 spiro atoms. The molecule has 1 N–H and O–H groups in total. The molecule has 1 aliphatic heterocycles. The number of hydrogen-bond acceptors (Lipinski definition) is 6. The Morgan fingerprint density at radius 1 is 1.75 bits per heavy atom. The highest BCUT2D eigenvalue weighted by atomic mass is 32.2. The highest BCUT2D eigenvalue weighted by Gasteiger charge is 2.15. The first kappa shape index (κ1) is 12.3. The van der Waals surface area contributed by atoms with Crippen molar-refractivity contribution in [3.05, 3.63) is 5.51 Å². The van der Waals surface area contributed by atoms with E-state index in [1.807, 2.05) is 0 Å². The van der Waals surface area contributed by atoms with Crippen LogP contribution < -0.4 is 5.32 Å². The van der Waals surface area contributed by atoms with E-state index in [2.05, 4.69) is 22.4 Å². The maximum absolute atomic E-state index is 5.55. The normalized spacial score (nSPS) is 22.4. The summed E-state index contributed by atoms with van der Waals surface area (Å²) in [5, 5.41) is 11.8. The van der Waals surface area contributed by atoms with E-state index in [-0.39, 0.29) is 0 Å². The predicted octanol–water partition coefficient (Wildman–Crippen LogP) is 1.79. The SMILES string of the molecule is CC(CNCC1CCCO1)Sc1nncs1. The zero-order valence-corrected chi connectivity index (χ0v) is 11.0. The summed E-state index contributed by atoms with van der Waals surface area (Å²) in [6.07, 6.45) is 2.84. The van der Waals surface area contributed by atoms with E-state index in [0.717, 1.165) is 24.0 Å². The molecule has 0 radical (unpaired) electrons. The summed E-state index contributed by atoms with van der Waals surface area (Å²) in [5.41, 5.74) is 1.77. The minimum absolute atomic E-state index is 0.429. The Morgan fingerprint density at radius 2 is 2.69 bits per heavy atom. The molecule has 90 valence electrons. The van der Waals surface area contributed by atoms with Gasteiger partial charge in [-0.15, -0.1) is 10.2 Å². The average Bonchev–Trinajstić information content (AvgIpc) is 2.90. The average molecular weight is 259 g/mol. The third-order valence-corrected chi connectivity index (χ3v) is 4.38. The van der Waals surface area contributed by atoms with Gasteiger partial charge in [0.2, 0.25) is 0 Å². The number of aromatic nitrogens is 2. The van der Waals surface area contributed by atoms with E-state index in [9.17, 15) is 0 Å². The maximum atomic E-state index is 5.55. The Balaban J connectivity index is 1.58. The zero-order valence-electron chi connectivity index (χ0n) is 9.39. The molecule has 16 heavy (non-hydrogen) atoms. The van der Waals surface area contributed by atoms with Gasteiger partial charge in [-0.3, -0.25) is 0 Å². The third kappa shape index (κ3) is 4.01. The van der Waals surface area contributed by atoms with Gasteiger partial charge in [0, 0.05) is 24.9 Å². The van der Waals surface area contributed by atoms with Crippen LogP contribution in [0.5, 0.6) is 0 Å². The van der Waals surface area contributed by atoms with Gasteiger partial charge in [0.1, 0.15) is 5.51 Å². The molecule has 0 aliphatic carbocycles. The minimum Gasteiger partial charge on any atom is -0.377 e. The van der Waals surface area contributed by atoms with Crippen LogP contribution in [0.3, 0.4) is 0 Å². The van der Waals surface area contributed by atoms with Crippen molar-refractivity contribution in [2.45, 2.75) is 35.5 Å². The lowest BCUT2D eigenvalue weighted by atomic mass is 10.2. The molecule has 2 unspecified atom stereocenters. The van der Waals surface area contributed by atoms with E-state index < -0.39 is 0 Å². The van der Waals surface area contributed by atoms with Crippen molar-refractivity contribution < 1.29 is 4.74 Å². The molecule has 1 fully saturated rings. The lowest BCUT2D eigenvalue weighted by molar-refractivity contribution is 0.110. The van der Waals surface area contributed by atoms with Gasteiger partial charge in [-0.05, 0) is 12.8 Å². The van der Waals surface area contributed by atoms with E-state index in [0.29, 0.717) is 11.4 Å². The first-order valence-electron chi connectivity index (χ1n) is 5.60. The Morgan fingerprint density at radius 3 is 3.38 bits per heavy atom. The summed E-state index contributed by atoms with van der Waals surface area (Å²) >= 11 is 3.37. The van der Waals surface area contributed by atoms with Gasteiger partial charge in [-0.2, -0.15) is 0 Å². The van der Waals surface area contributed by atoms with Gasteiger partial charge >= 0.3 is 0 Å². The highest BCUT2D eigenvalue weighted by molar-refractivity contribution is 8.01. The summed E-state index contributed by atoms with van der Waals surface area (Å²) in [6, 6.07) is 0. The molecule has 0 bridgehead atoms. The van der Waals surface area contributed by atoms with Crippen molar-refractivity contribution in [2.24, 2.45) is 0 Å². The first-order valence-corrected chi connectivity index (χ1v) is 7.35. The Kier molecular flexibility index (Phi) is 5.02. The minimum atomic E-state index is 0.429. The molecule has 2 atom stereocenters. The highest BCUT2D eigenvalue weighted by Crippen LogP contribution is 2.23. The molecule has 2 rings (SSSR count).